The summed E-state index contributed by atoms with van der Waals surface area (Å²) in [6, 6.07) is 17.9. The first-order valence-electron chi connectivity index (χ1n) is 9.04. The molecule has 0 saturated heterocycles. The number of nitro groups is 1. The average molecular weight is 427 g/mol. The lowest BCUT2D eigenvalue weighted by Crippen LogP contribution is -2.16. The number of non-ortho nitro benzene ring substituents is 1. The van der Waals surface area contributed by atoms with Crippen LogP contribution >= 0.6 is 0 Å². The molecule has 0 aliphatic rings. The zero-order chi connectivity index (χ0) is 21.7. The van der Waals surface area contributed by atoms with Crippen LogP contribution in [0, 0.1) is 17.0 Å². The van der Waals surface area contributed by atoms with Gasteiger partial charge in [-0.05, 0) is 36.2 Å². The number of benzene rings is 3. The molecule has 0 radical (unpaired) electrons. The van der Waals surface area contributed by atoms with Gasteiger partial charge in [-0.3, -0.25) is 14.8 Å². The Bertz CT molecular complexity index is 1180. The van der Waals surface area contributed by atoms with E-state index in [-0.39, 0.29) is 22.0 Å². The van der Waals surface area contributed by atoms with E-state index in [1.54, 1.807) is 24.3 Å². The molecule has 0 spiro atoms. The Hall–Kier alpha value is -3.59. The van der Waals surface area contributed by atoms with Gasteiger partial charge in [-0.1, -0.05) is 36.4 Å². The van der Waals surface area contributed by atoms with Gasteiger partial charge in [-0.15, -0.1) is 0 Å². The lowest BCUT2D eigenvalue weighted by Gasteiger charge is -2.16. The van der Waals surface area contributed by atoms with E-state index in [0.29, 0.717) is 12.3 Å². The minimum absolute atomic E-state index is 0.226. The summed E-state index contributed by atoms with van der Waals surface area (Å²) < 4.78 is 33.9. The molecule has 0 saturated carbocycles. The van der Waals surface area contributed by atoms with Crippen molar-refractivity contribution in [3.8, 4) is 5.75 Å². The van der Waals surface area contributed by atoms with Crippen molar-refractivity contribution in [3.63, 3.8) is 0 Å². The summed E-state index contributed by atoms with van der Waals surface area (Å²) in [6.07, 6.45) is 0. The number of nitrogens with zero attached hydrogens (tertiary/aromatic N) is 1. The third kappa shape index (κ3) is 4.69. The molecule has 3 aromatic carbocycles. The Balaban J connectivity index is 1.99. The molecule has 3 aromatic rings. The number of hydrogen-bond donors (Lipinski definition) is 2. The van der Waals surface area contributed by atoms with Gasteiger partial charge in [0, 0.05) is 18.7 Å². The maximum absolute atomic E-state index is 13.1. The summed E-state index contributed by atoms with van der Waals surface area (Å²) in [5.41, 5.74) is 2.19. The average Bonchev–Trinajstić information content (AvgIpc) is 2.73. The largest absolute Gasteiger partial charge is 0.495 e. The summed E-state index contributed by atoms with van der Waals surface area (Å²) in [4.78, 5) is 10.4. The lowest BCUT2D eigenvalue weighted by atomic mass is 10.1. The first-order valence-corrected chi connectivity index (χ1v) is 10.5. The number of ether oxygens (including phenoxy) is 1. The number of nitro benzene ring substituents is 1. The van der Waals surface area contributed by atoms with Crippen molar-refractivity contribution in [3.05, 3.63) is 88.0 Å². The van der Waals surface area contributed by atoms with Gasteiger partial charge in [0.15, 0.2) is 0 Å². The molecule has 30 heavy (non-hydrogen) atoms. The van der Waals surface area contributed by atoms with E-state index < -0.39 is 14.9 Å². The van der Waals surface area contributed by atoms with E-state index >= 15 is 0 Å². The second-order valence-corrected chi connectivity index (χ2v) is 8.17. The molecule has 0 aromatic heterocycles. The maximum Gasteiger partial charge on any atom is 0.270 e. The highest BCUT2D eigenvalue weighted by Crippen LogP contribution is 2.31. The van der Waals surface area contributed by atoms with Gasteiger partial charge in [0.1, 0.15) is 10.6 Å². The molecule has 8 nitrogen and oxygen atoms in total. The predicted octanol–water partition coefficient (Wildman–Crippen LogP) is 4.32. The molecule has 0 aliphatic carbocycles. The summed E-state index contributed by atoms with van der Waals surface area (Å²) >= 11 is 0. The Kier molecular flexibility index (Phi) is 6.22. The fourth-order valence-electron chi connectivity index (χ4n) is 2.92. The number of para-hydroxylation sites is 2. The van der Waals surface area contributed by atoms with Crippen LogP contribution in [0.1, 0.15) is 11.1 Å². The zero-order valence-electron chi connectivity index (χ0n) is 16.5. The normalized spacial score (nSPS) is 11.0. The van der Waals surface area contributed by atoms with Gasteiger partial charge in [0.25, 0.3) is 15.7 Å². The third-order valence-corrected chi connectivity index (χ3v) is 5.95. The molecule has 0 unspecified atom stereocenters. The maximum atomic E-state index is 13.1. The number of sulfonamides is 1. The minimum Gasteiger partial charge on any atom is -0.495 e. The van der Waals surface area contributed by atoms with Crippen molar-refractivity contribution in [2.75, 3.05) is 17.1 Å². The van der Waals surface area contributed by atoms with E-state index in [2.05, 4.69) is 10.0 Å². The standard InChI is InChI=1S/C21H21N3O5S/c1-15-7-3-4-8-16(15)14-22-19-12-11-17(24(25)26)13-21(19)30(27,28)23-18-9-5-6-10-20(18)29-2/h3-13,22-23H,14H2,1-2H3. The van der Waals surface area contributed by atoms with Crippen LogP contribution in [-0.2, 0) is 16.6 Å². The highest BCUT2D eigenvalue weighted by molar-refractivity contribution is 7.93. The van der Waals surface area contributed by atoms with Gasteiger partial charge in [0.2, 0.25) is 0 Å². The molecular formula is C21H21N3O5S. The van der Waals surface area contributed by atoms with Crippen LogP contribution in [0.5, 0.6) is 5.75 Å². The van der Waals surface area contributed by atoms with Gasteiger partial charge < -0.3 is 10.1 Å². The number of rotatable bonds is 8. The van der Waals surface area contributed by atoms with E-state index in [9.17, 15) is 18.5 Å². The summed E-state index contributed by atoms with van der Waals surface area (Å²) in [7, 11) is -2.72. The van der Waals surface area contributed by atoms with Crippen LogP contribution in [0.2, 0.25) is 0 Å². The first-order chi connectivity index (χ1) is 14.3. The van der Waals surface area contributed by atoms with Crippen LogP contribution in [0.25, 0.3) is 0 Å². The van der Waals surface area contributed by atoms with Crippen LogP contribution in [0.4, 0.5) is 17.1 Å². The Labute approximate surface area is 174 Å². The lowest BCUT2D eigenvalue weighted by molar-refractivity contribution is -0.385. The summed E-state index contributed by atoms with van der Waals surface area (Å²) in [6.45, 7) is 2.31. The number of anilines is 2. The van der Waals surface area contributed by atoms with Crippen molar-refractivity contribution >= 4 is 27.1 Å². The molecule has 156 valence electrons. The Morgan fingerprint density at radius 3 is 2.40 bits per heavy atom. The molecule has 9 heteroatoms. The van der Waals surface area contributed by atoms with Gasteiger partial charge in [-0.2, -0.15) is 0 Å². The van der Waals surface area contributed by atoms with Crippen LogP contribution in [0.15, 0.2) is 71.6 Å². The number of nitrogens with one attached hydrogen (secondary N) is 2. The number of hydrogen-bond acceptors (Lipinski definition) is 6. The van der Waals surface area contributed by atoms with Gasteiger partial charge in [0.05, 0.1) is 23.4 Å². The van der Waals surface area contributed by atoms with Crippen molar-refractivity contribution in [1.82, 2.24) is 0 Å². The second kappa shape index (κ2) is 8.83. The molecule has 2 N–H and O–H groups in total. The molecule has 0 atom stereocenters. The number of aryl methyl sites for hydroxylation is 1. The van der Waals surface area contributed by atoms with Gasteiger partial charge >= 0.3 is 0 Å². The van der Waals surface area contributed by atoms with E-state index in [0.717, 1.165) is 17.2 Å². The molecular weight excluding hydrogens is 406 g/mol. The van der Waals surface area contributed by atoms with E-state index in [1.165, 1.54) is 19.2 Å². The van der Waals surface area contributed by atoms with Crippen LogP contribution in [-0.4, -0.2) is 20.5 Å². The molecule has 0 amide bonds. The molecule has 0 heterocycles. The Morgan fingerprint density at radius 2 is 1.70 bits per heavy atom. The topological polar surface area (TPSA) is 111 Å². The van der Waals surface area contributed by atoms with Crippen molar-refractivity contribution < 1.29 is 18.1 Å². The van der Waals surface area contributed by atoms with Crippen LogP contribution in [0.3, 0.4) is 0 Å². The van der Waals surface area contributed by atoms with Crippen molar-refractivity contribution in [1.29, 1.82) is 0 Å². The fraction of sp³-hybridized carbons (Fsp3) is 0.143. The SMILES string of the molecule is COc1ccccc1NS(=O)(=O)c1cc([N+](=O)[O-])ccc1NCc1ccccc1C. The van der Waals surface area contributed by atoms with E-state index in [1.807, 2.05) is 31.2 Å². The van der Waals surface area contributed by atoms with E-state index in [4.69, 9.17) is 4.74 Å². The third-order valence-electron chi connectivity index (χ3n) is 4.55. The molecule has 0 aliphatic heterocycles. The molecule has 3 rings (SSSR count). The number of methoxy groups -OCH3 is 1. The molecule has 0 fully saturated rings. The quantitative estimate of drug-likeness (QED) is 0.409. The first kappa shape index (κ1) is 21.1. The second-order valence-electron chi connectivity index (χ2n) is 6.52. The summed E-state index contributed by atoms with van der Waals surface area (Å²) in [5, 5.41) is 14.3. The monoisotopic (exact) mass is 427 g/mol. The van der Waals surface area contributed by atoms with Crippen molar-refractivity contribution in [2.45, 2.75) is 18.4 Å². The molecule has 0 bridgehead atoms. The van der Waals surface area contributed by atoms with Gasteiger partial charge in [-0.25, -0.2) is 8.42 Å². The highest BCUT2D eigenvalue weighted by atomic mass is 32.2. The minimum atomic E-state index is -4.14. The smallest absolute Gasteiger partial charge is 0.270 e. The predicted molar refractivity (Wildman–Crippen MR) is 115 cm³/mol. The Morgan fingerprint density at radius 1 is 1.00 bits per heavy atom. The highest BCUT2D eigenvalue weighted by Gasteiger charge is 2.23. The van der Waals surface area contributed by atoms with Crippen LogP contribution < -0.4 is 14.8 Å². The fourth-order valence-corrected chi connectivity index (χ4v) is 4.19. The zero-order valence-corrected chi connectivity index (χ0v) is 17.3. The summed E-state index contributed by atoms with van der Waals surface area (Å²) in [5.74, 6) is 0.334. The van der Waals surface area contributed by atoms with Crippen molar-refractivity contribution in [2.24, 2.45) is 0 Å².